The highest BCUT2D eigenvalue weighted by molar-refractivity contribution is 6.34. The van der Waals surface area contributed by atoms with E-state index in [9.17, 15) is 4.79 Å². The van der Waals surface area contributed by atoms with E-state index in [4.69, 9.17) is 11.6 Å². The fraction of sp³-hybridized carbons (Fsp3) is 0.588. The van der Waals surface area contributed by atoms with Crippen LogP contribution in [-0.2, 0) is 0 Å². The Morgan fingerprint density at radius 3 is 2.75 bits per heavy atom. The number of rotatable bonds is 5. The third kappa shape index (κ3) is 2.91. The van der Waals surface area contributed by atoms with Crippen LogP contribution in [0.2, 0.25) is 5.02 Å². The molecule has 3 atom stereocenters. The van der Waals surface area contributed by atoms with E-state index in [1.54, 1.807) is 6.07 Å². The molecule has 2 aliphatic carbocycles. The number of hydrogen-bond acceptors (Lipinski definition) is 2. The summed E-state index contributed by atoms with van der Waals surface area (Å²) >= 11 is 6.08. The van der Waals surface area contributed by atoms with Crippen molar-refractivity contribution >= 4 is 17.4 Å². The number of hydrogen-bond donors (Lipinski definition) is 0. The minimum Gasteiger partial charge on any atom is -0.299 e. The van der Waals surface area contributed by atoms with Gasteiger partial charge in [0.2, 0.25) is 0 Å². The molecular formula is C17H22ClNO. The zero-order valence-corrected chi connectivity index (χ0v) is 12.8. The highest BCUT2D eigenvalue weighted by Crippen LogP contribution is 2.48. The summed E-state index contributed by atoms with van der Waals surface area (Å²) in [7, 11) is 2.06. The van der Waals surface area contributed by atoms with Gasteiger partial charge in [0, 0.05) is 12.1 Å². The molecule has 1 aromatic carbocycles. The summed E-state index contributed by atoms with van der Waals surface area (Å²) in [6.45, 7) is 1.52. The van der Waals surface area contributed by atoms with E-state index in [1.807, 2.05) is 18.2 Å². The van der Waals surface area contributed by atoms with Crippen LogP contribution in [0.3, 0.4) is 0 Å². The Bertz CT molecular complexity index is 502. The topological polar surface area (TPSA) is 20.3 Å². The molecule has 108 valence electrons. The van der Waals surface area contributed by atoms with Crippen LogP contribution in [-0.4, -0.2) is 30.8 Å². The molecule has 0 spiro atoms. The summed E-state index contributed by atoms with van der Waals surface area (Å²) < 4.78 is 0. The predicted molar refractivity (Wildman–Crippen MR) is 82.2 cm³/mol. The van der Waals surface area contributed by atoms with E-state index in [2.05, 4.69) is 11.9 Å². The number of likely N-dealkylation sites (N-methyl/N-ethyl adjacent to an activating group) is 1. The molecule has 1 aromatic rings. The van der Waals surface area contributed by atoms with Crippen molar-refractivity contribution < 1.29 is 4.79 Å². The summed E-state index contributed by atoms with van der Waals surface area (Å²) in [5.41, 5.74) is 0.647. The highest BCUT2D eigenvalue weighted by atomic mass is 35.5. The SMILES string of the molecule is CN(CC(=O)c1ccccc1Cl)CC1CC2CCC1C2. The lowest BCUT2D eigenvalue weighted by atomic mass is 9.88. The molecule has 2 aliphatic rings. The van der Waals surface area contributed by atoms with Crippen molar-refractivity contribution in [3.63, 3.8) is 0 Å². The molecule has 0 N–H and O–H groups in total. The maximum atomic E-state index is 12.3. The summed E-state index contributed by atoms with van der Waals surface area (Å²) in [5.74, 6) is 2.81. The normalized spacial score (nSPS) is 28.2. The molecule has 3 rings (SSSR count). The predicted octanol–water partition coefficient (Wildman–Crippen LogP) is 3.89. The molecule has 0 heterocycles. The van der Waals surface area contributed by atoms with Crippen LogP contribution in [0.15, 0.2) is 24.3 Å². The van der Waals surface area contributed by atoms with Gasteiger partial charge in [0.25, 0.3) is 0 Å². The van der Waals surface area contributed by atoms with Gasteiger partial charge >= 0.3 is 0 Å². The summed E-state index contributed by atoms with van der Waals surface area (Å²) in [4.78, 5) is 14.5. The molecular weight excluding hydrogens is 270 g/mol. The maximum Gasteiger partial charge on any atom is 0.178 e. The van der Waals surface area contributed by atoms with Crippen molar-refractivity contribution in [2.75, 3.05) is 20.1 Å². The Labute approximate surface area is 126 Å². The Balaban J connectivity index is 1.55. The van der Waals surface area contributed by atoms with Gasteiger partial charge in [-0.25, -0.2) is 0 Å². The largest absolute Gasteiger partial charge is 0.299 e. The molecule has 0 amide bonds. The van der Waals surface area contributed by atoms with Crippen molar-refractivity contribution in [1.82, 2.24) is 4.90 Å². The number of nitrogens with zero attached hydrogens (tertiary/aromatic N) is 1. The van der Waals surface area contributed by atoms with Gasteiger partial charge in [-0.15, -0.1) is 0 Å². The minimum atomic E-state index is 0.126. The maximum absolute atomic E-state index is 12.3. The first-order chi connectivity index (χ1) is 9.63. The quantitative estimate of drug-likeness (QED) is 0.767. The number of carbonyl (C=O) groups is 1. The first-order valence-electron chi connectivity index (χ1n) is 7.59. The molecule has 2 saturated carbocycles. The smallest absolute Gasteiger partial charge is 0.178 e. The van der Waals surface area contributed by atoms with Gasteiger partial charge in [-0.3, -0.25) is 9.69 Å². The zero-order valence-electron chi connectivity index (χ0n) is 12.0. The first kappa shape index (κ1) is 14.1. The molecule has 2 bridgehead atoms. The summed E-state index contributed by atoms with van der Waals surface area (Å²) in [6.07, 6.45) is 5.64. The molecule has 20 heavy (non-hydrogen) atoms. The Kier molecular flexibility index (Phi) is 4.13. The van der Waals surface area contributed by atoms with Crippen LogP contribution in [0.1, 0.15) is 36.0 Å². The third-order valence-corrected chi connectivity index (χ3v) is 5.35. The van der Waals surface area contributed by atoms with E-state index in [1.165, 1.54) is 25.7 Å². The monoisotopic (exact) mass is 291 g/mol. The van der Waals surface area contributed by atoms with Crippen LogP contribution in [0.4, 0.5) is 0 Å². The fourth-order valence-electron chi connectivity index (χ4n) is 4.08. The van der Waals surface area contributed by atoms with Crippen molar-refractivity contribution in [3.8, 4) is 0 Å². The van der Waals surface area contributed by atoms with Crippen LogP contribution >= 0.6 is 11.6 Å². The third-order valence-electron chi connectivity index (χ3n) is 5.02. The Morgan fingerprint density at radius 2 is 2.10 bits per heavy atom. The number of halogens is 1. The van der Waals surface area contributed by atoms with Crippen LogP contribution in [0.25, 0.3) is 0 Å². The standard InChI is InChI=1S/C17H22ClNO/c1-19(10-14-9-12-6-7-13(14)8-12)11-17(20)15-4-2-3-5-16(15)18/h2-5,12-14H,6-11H2,1H3. The summed E-state index contributed by atoms with van der Waals surface area (Å²) in [6, 6.07) is 7.33. The average molecular weight is 292 g/mol. The van der Waals surface area contributed by atoms with Gasteiger partial charge in [-0.1, -0.05) is 30.2 Å². The number of ketones is 1. The summed E-state index contributed by atoms with van der Waals surface area (Å²) in [5, 5.41) is 0.561. The lowest BCUT2D eigenvalue weighted by Gasteiger charge is -2.26. The molecule has 2 nitrogen and oxygen atoms in total. The van der Waals surface area contributed by atoms with Crippen molar-refractivity contribution in [3.05, 3.63) is 34.9 Å². The minimum absolute atomic E-state index is 0.126. The molecule has 2 fully saturated rings. The second-order valence-electron chi connectivity index (χ2n) is 6.53. The average Bonchev–Trinajstić information content (AvgIpc) is 3.01. The lowest BCUT2D eigenvalue weighted by Crippen LogP contribution is -2.33. The van der Waals surface area contributed by atoms with Crippen molar-refractivity contribution in [1.29, 1.82) is 0 Å². The molecule has 0 aliphatic heterocycles. The molecule has 0 radical (unpaired) electrons. The van der Waals surface area contributed by atoms with Crippen LogP contribution < -0.4 is 0 Å². The van der Waals surface area contributed by atoms with Gasteiger partial charge < -0.3 is 0 Å². The molecule has 3 unspecified atom stereocenters. The Hall–Kier alpha value is -0.860. The zero-order chi connectivity index (χ0) is 14.1. The van der Waals surface area contributed by atoms with E-state index >= 15 is 0 Å². The van der Waals surface area contributed by atoms with Gasteiger partial charge in [0.05, 0.1) is 11.6 Å². The van der Waals surface area contributed by atoms with Gasteiger partial charge in [0.1, 0.15) is 0 Å². The van der Waals surface area contributed by atoms with E-state index in [0.29, 0.717) is 17.1 Å². The molecule has 0 saturated heterocycles. The van der Waals surface area contributed by atoms with Gasteiger partial charge in [-0.05, 0) is 56.2 Å². The van der Waals surface area contributed by atoms with Crippen molar-refractivity contribution in [2.45, 2.75) is 25.7 Å². The van der Waals surface area contributed by atoms with Crippen LogP contribution in [0, 0.1) is 17.8 Å². The van der Waals surface area contributed by atoms with Crippen LogP contribution in [0.5, 0.6) is 0 Å². The number of Topliss-reactive ketones (excluding diaryl/α,β-unsaturated/α-hetero) is 1. The second kappa shape index (κ2) is 5.87. The molecule has 0 aromatic heterocycles. The van der Waals surface area contributed by atoms with E-state index in [0.717, 1.165) is 24.3 Å². The molecule has 3 heteroatoms. The first-order valence-corrected chi connectivity index (χ1v) is 7.97. The number of fused-ring (bicyclic) bond motifs is 2. The number of carbonyl (C=O) groups excluding carboxylic acids is 1. The van der Waals surface area contributed by atoms with E-state index in [-0.39, 0.29) is 5.78 Å². The van der Waals surface area contributed by atoms with Crippen molar-refractivity contribution in [2.24, 2.45) is 17.8 Å². The second-order valence-corrected chi connectivity index (χ2v) is 6.94. The lowest BCUT2D eigenvalue weighted by molar-refractivity contribution is 0.0929. The van der Waals surface area contributed by atoms with Gasteiger partial charge in [0.15, 0.2) is 5.78 Å². The highest BCUT2D eigenvalue weighted by Gasteiger charge is 2.39. The fourth-order valence-corrected chi connectivity index (χ4v) is 4.32. The van der Waals surface area contributed by atoms with Gasteiger partial charge in [-0.2, -0.15) is 0 Å². The van der Waals surface area contributed by atoms with E-state index < -0.39 is 0 Å². The Morgan fingerprint density at radius 1 is 1.30 bits per heavy atom. The number of benzene rings is 1.